The first-order valence-corrected chi connectivity index (χ1v) is 4.47. The van der Waals surface area contributed by atoms with Crippen molar-refractivity contribution >= 4 is 15.9 Å². The summed E-state index contributed by atoms with van der Waals surface area (Å²) in [4.78, 5) is 0. The van der Waals surface area contributed by atoms with Crippen molar-refractivity contribution in [3.05, 3.63) is 29.0 Å². The Morgan fingerprint density at radius 1 is 1.55 bits per heavy atom. The second kappa shape index (κ2) is 4.46. The topological polar surface area (TPSA) is 29.9 Å². The second-order valence-electron chi connectivity index (χ2n) is 2.40. The van der Waals surface area contributed by atoms with Gasteiger partial charge in [0.1, 0.15) is 6.54 Å². The van der Waals surface area contributed by atoms with Crippen molar-refractivity contribution in [2.24, 2.45) is 5.73 Å². The highest BCUT2D eigenvalue weighted by Crippen LogP contribution is 2.02. The first-order chi connectivity index (χ1) is 5.33. The number of halogens is 1. The second-order valence-corrected chi connectivity index (χ2v) is 3.32. The number of aryl methyl sites for hydroxylation is 1. The van der Waals surface area contributed by atoms with Gasteiger partial charge in [-0.05, 0) is 28.5 Å². The van der Waals surface area contributed by atoms with Crippen LogP contribution in [0.2, 0.25) is 0 Å². The summed E-state index contributed by atoms with van der Waals surface area (Å²) in [5, 5.41) is 0. The lowest BCUT2D eigenvalue weighted by atomic mass is 10.4. The van der Waals surface area contributed by atoms with E-state index in [0.29, 0.717) is 0 Å². The van der Waals surface area contributed by atoms with E-state index in [-0.39, 0.29) is 0 Å². The van der Waals surface area contributed by atoms with Gasteiger partial charge in [-0.1, -0.05) is 0 Å². The van der Waals surface area contributed by atoms with Gasteiger partial charge in [-0.15, -0.1) is 0 Å². The maximum atomic E-state index is 5.39. The maximum Gasteiger partial charge on any atom is 0.183 e. The molecule has 0 aromatic carbocycles. The minimum absolute atomic E-state index is 0.750. The van der Waals surface area contributed by atoms with E-state index >= 15 is 0 Å². The summed E-state index contributed by atoms with van der Waals surface area (Å²) in [7, 11) is 0. The van der Waals surface area contributed by atoms with E-state index in [0.717, 1.165) is 24.0 Å². The van der Waals surface area contributed by atoms with Crippen molar-refractivity contribution in [2.75, 3.05) is 6.54 Å². The Hall–Kier alpha value is -0.410. The average Bonchev–Trinajstić information content (AvgIpc) is 2.01. The summed E-state index contributed by atoms with van der Waals surface area (Å²) in [6, 6.07) is 4.03. The molecule has 1 aromatic heterocycles. The van der Waals surface area contributed by atoms with E-state index in [1.54, 1.807) is 0 Å². The number of hydrogen-bond donors (Lipinski definition) is 1. The van der Waals surface area contributed by atoms with Gasteiger partial charge in [-0.3, -0.25) is 0 Å². The van der Waals surface area contributed by atoms with Crippen LogP contribution in [0.15, 0.2) is 29.0 Å². The predicted molar refractivity (Wildman–Crippen MR) is 48.0 cm³/mol. The van der Waals surface area contributed by atoms with E-state index < -0.39 is 0 Å². The van der Waals surface area contributed by atoms with Gasteiger partial charge >= 0.3 is 0 Å². The molecule has 11 heavy (non-hydrogen) atoms. The first kappa shape index (κ1) is 8.68. The summed E-state index contributed by atoms with van der Waals surface area (Å²) in [6.45, 7) is 1.75. The zero-order valence-corrected chi connectivity index (χ0v) is 7.92. The van der Waals surface area contributed by atoms with Gasteiger partial charge in [0.05, 0.1) is 4.47 Å². The molecule has 0 amide bonds. The fourth-order valence-corrected chi connectivity index (χ4v) is 1.32. The van der Waals surface area contributed by atoms with Crippen molar-refractivity contribution in [1.29, 1.82) is 0 Å². The Balaban J connectivity index is 2.56. The summed E-state index contributed by atoms with van der Waals surface area (Å²) in [5.74, 6) is 0. The smallest absolute Gasteiger partial charge is 0.183 e. The number of hydrogen-bond acceptors (Lipinski definition) is 1. The van der Waals surface area contributed by atoms with Gasteiger partial charge < -0.3 is 5.73 Å². The van der Waals surface area contributed by atoms with Gasteiger partial charge in [0.2, 0.25) is 0 Å². The Labute approximate surface area is 75.2 Å². The minimum atomic E-state index is 0.750. The summed E-state index contributed by atoms with van der Waals surface area (Å²) >= 11 is 3.40. The molecule has 1 heterocycles. The van der Waals surface area contributed by atoms with Gasteiger partial charge in [0.25, 0.3) is 0 Å². The van der Waals surface area contributed by atoms with Crippen molar-refractivity contribution < 1.29 is 4.57 Å². The van der Waals surface area contributed by atoms with Crippen LogP contribution in [-0.2, 0) is 6.54 Å². The van der Waals surface area contributed by atoms with Crippen LogP contribution >= 0.6 is 15.9 Å². The summed E-state index contributed by atoms with van der Waals surface area (Å²) < 4.78 is 3.23. The van der Waals surface area contributed by atoms with Crippen LogP contribution in [0.25, 0.3) is 0 Å². The molecule has 0 saturated heterocycles. The zero-order chi connectivity index (χ0) is 8.10. The van der Waals surface area contributed by atoms with Crippen molar-refractivity contribution in [2.45, 2.75) is 13.0 Å². The SMILES string of the molecule is NCCC[n+]1cccc(Br)c1. The molecule has 1 aromatic rings. The first-order valence-electron chi connectivity index (χ1n) is 3.67. The largest absolute Gasteiger partial charge is 0.330 e. The van der Waals surface area contributed by atoms with E-state index in [1.807, 2.05) is 18.3 Å². The van der Waals surface area contributed by atoms with E-state index in [2.05, 4.69) is 26.7 Å². The van der Waals surface area contributed by atoms with E-state index in [4.69, 9.17) is 5.73 Å². The molecule has 0 spiro atoms. The molecule has 0 aliphatic heterocycles. The molecule has 0 aliphatic rings. The Morgan fingerprint density at radius 2 is 2.36 bits per heavy atom. The van der Waals surface area contributed by atoms with Crippen molar-refractivity contribution in [1.82, 2.24) is 0 Å². The highest BCUT2D eigenvalue weighted by Gasteiger charge is 1.98. The zero-order valence-electron chi connectivity index (χ0n) is 6.33. The molecule has 0 unspecified atom stereocenters. The molecule has 0 radical (unpaired) electrons. The summed E-state index contributed by atoms with van der Waals surface area (Å²) in [5.41, 5.74) is 5.39. The van der Waals surface area contributed by atoms with Crippen LogP contribution in [0, 0.1) is 0 Å². The highest BCUT2D eigenvalue weighted by atomic mass is 79.9. The van der Waals surface area contributed by atoms with Crippen molar-refractivity contribution in [3.8, 4) is 0 Å². The van der Waals surface area contributed by atoms with Crippen LogP contribution in [0.5, 0.6) is 0 Å². The van der Waals surface area contributed by atoms with Crippen LogP contribution in [-0.4, -0.2) is 6.54 Å². The number of nitrogens with two attached hydrogens (primary N) is 1. The third kappa shape index (κ3) is 2.99. The van der Waals surface area contributed by atoms with Crippen LogP contribution in [0.4, 0.5) is 0 Å². The van der Waals surface area contributed by atoms with E-state index in [1.165, 1.54) is 0 Å². The maximum absolute atomic E-state index is 5.39. The Bertz CT molecular complexity index is 225. The van der Waals surface area contributed by atoms with Gasteiger partial charge in [-0.25, -0.2) is 4.57 Å². The molecule has 0 aliphatic carbocycles. The molecule has 0 bridgehead atoms. The molecule has 3 heteroatoms. The Kier molecular flexibility index (Phi) is 3.52. The quantitative estimate of drug-likeness (QED) is 0.753. The third-order valence-electron chi connectivity index (χ3n) is 1.44. The molecular formula is C8H12BrN2+. The molecule has 2 N–H and O–H groups in total. The molecule has 2 nitrogen and oxygen atoms in total. The minimum Gasteiger partial charge on any atom is -0.330 e. The summed E-state index contributed by atoms with van der Waals surface area (Å²) in [6.07, 6.45) is 5.12. The molecule has 60 valence electrons. The van der Waals surface area contributed by atoms with Gasteiger partial charge in [-0.2, -0.15) is 0 Å². The Morgan fingerprint density at radius 3 is 3.00 bits per heavy atom. The lowest BCUT2D eigenvalue weighted by molar-refractivity contribution is -0.697. The standard InChI is InChI=1S/C8H12BrN2/c9-8-3-1-5-11(7-8)6-2-4-10/h1,3,5,7H,2,4,6,10H2/q+1. The molecular weight excluding hydrogens is 204 g/mol. The normalized spacial score (nSPS) is 10.0. The van der Waals surface area contributed by atoms with Gasteiger partial charge in [0, 0.05) is 12.5 Å². The molecule has 0 atom stereocenters. The lowest BCUT2D eigenvalue weighted by Crippen LogP contribution is -2.33. The fraction of sp³-hybridized carbons (Fsp3) is 0.375. The van der Waals surface area contributed by atoms with Crippen molar-refractivity contribution in [3.63, 3.8) is 0 Å². The fourth-order valence-electron chi connectivity index (χ4n) is 0.903. The van der Waals surface area contributed by atoms with Crippen LogP contribution < -0.4 is 10.3 Å². The molecule has 1 rings (SSSR count). The predicted octanol–water partition coefficient (Wildman–Crippen LogP) is 1.09. The molecule has 0 saturated carbocycles. The van der Waals surface area contributed by atoms with Gasteiger partial charge in [0.15, 0.2) is 12.4 Å². The van der Waals surface area contributed by atoms with E-state index in [9.17, 15) is 0 Å². The molecule has 0 fully saturated rings. The lowest BCUT2D eigenvalue weighted by Gasteiger charge is -1.94. The monoisotopic (exact) mass is 215 g/mol. The van der Waals surface area contributed by atoms with Crippen LogP contribution in [0.3, 0.4) is 0 Å². The highest BCUT2D eigenvalue weighted by molar-refractivity contribution is 9.10. The number of pyridine rings is 1. The number of nitrogens with zero attached hydrogens (tertiary/aromatic N) is 1. The van der Waals surface area contributed by atoms with Crippen LogP contribution in [0.1, 0.15) is 6.42 Å². The number of rotatable bonds is 3. The third-order valence-corrected chi connectivity index (χ3v) is 1.91. The number of aromatic nitrogens is 1. The average molecular weight is 216 g/mol.